The standard InChI is InChI=1S/C31H26.C9H14.C8H11N.3C2H6/c1-2-23-20-21-30(31(22-23)25-14-6-7-15-25)29-19-11-10-18-28(29)27-17-9-8-16-26(27)24-12-4-3-5-13-24;1-5-7-9(6-2)8(3)4;1-7(2)8-4-5-9(3)6-8;3*1-2/h3-14,16-22H,2,15H2,1H3;5-8H,1-2H2,3-4H3;4-6H,1H2,2-3H3;3*1-2H3/b;9-7+;;;;. The summed E-state index contributed by atoms with van der Waals surface area (Å²) >= 11 is 0. The van der Waals surface area contributed by atoms with Crippen molar-refractivity contribution in [1.29, 1.82) is 0 Å². The molecule has 0 radical (unpaired) electrons. The van der Waals surface area contributed by atoms with Crippen LogP contribution in [0.1, 0.15) is 92.3 Å². The summed E-state index contributed by atoms with van der Waals surface area (Å²) in [5.74, 6) is 0.556. The number of allylic oxidation sites excluding steroid dienone is 9. The van der Waals surface area contributed by atoms with Crippen LogP contribution in [0.15, 0.2) is 177 Å². The fraction of sp³-hybridized carbons (Fsp3) is 0.259. The van der Waals surface area contributed by atoms with Crippen molar-refractivity contribution in [3.8, 4) is 33.4 Å². The molecular formula is C54H69N. The molecule has 1 aliphatic carbocycles. The number of aryl methyl sites for hydroxylation is 2. The summed E-state index contributed by atoms with van der Waals surface area (Å²) in [5.41, 5.74) is 15.4. The van der Waals surface area contributed by atoms with E-state index in [2.05, 4.69) is 168 Å². The second-order valence-electron chi connectivity index (χ2n) is 12.6. The van der Waals surface area contributed by atoms with Gasteiger partial charge in [-0.1, -0.05) is 216 Å². The minimum Gasteiger partial charge on any atom is -0.357 e. The first kappa shape index (κ1) is 47.6. The van der Waals surface area contributed by atoms with Gasteiger partial charge in [-0.05, 0) is 98.5 Å². The highest BCUT2D eigenvalue weighted by molar-refractivity contribution is 5.95. The van der Waals surface area contributed by atoms with Crippen molar-refractivity contribution in [1.82, 2.24) is 4.57 Å². The average Bonchev–Trinajstić information content (AvgIpc) is 3.96. The number of rotatable bonds is 9. The lowest BCUT2D eigenvalue weighted by Gasteiger charge is -2.18. The first-order chi connectivity index (χ1) is 26.8. The van der Waals surface area contributed by atoms with E-state index in [9.17, 15) is 0 Å². The van der Waals surface area contributed by atoms with Gasteiger partial charge < -0.3 is 4.57 Å². The molecule has 0 atom stereocenters. The van der Waals surface area contributed by atoms with Gasteiger partial charge in [0, 0.05) is 19.4 Å². The Morgan fingerprint density at radius 3 is 1.64 bits per heavy atom. The molecule has 55 heavy (non-hydrogen) atoms. The van der Waals surface area contributed by atoms with Crippen LogP contribution in [0, 0.1) is 5.92 Å². The minimum atomic E-state index is 0.556. The van der Waals surface area contributed by atoms with E-state index in [1.54, 1.807) is 6.08 Å². The predicted molar refractivity (Wildman–Crippen MR) is 251 cm³/mol. The zero-order valence-corrected chi connectivity index (χ0v) is 36.0. The van der Waals surface area contributed by atoms with E-state index < -0.39 is 0 Å². The van der Waals surface area contributed by atoms with Gasteiger partial charge in [0.1, 0.15) is 0 Å². The molecule has 0 saturated heterocycles. The van der Waals surface area contributed by atoms with Gasteiger partial charge in [-0.25, -0.2) is 0 Å². The van der Waals surface area contributed by atoms with Crippen LogP contribution in [0.3, 0.4) is 0 Å². The molecule has 1 heteroatoms. The summed E-state index contributed by atoms with van der Waals surface area (Å²) in [4.78, 5) is 0. The zero-order valence-electron chi connectivity index (χ0n) is 36.0. The van der Waals surface area contributed by atoms with Crippen LogP contribution < -0.4 is 0 Å². The Kier molecular flexibility index (Phi) is 23.6. The van der Waals surface area contributed by atoms with Gasteiger partial charge in [-0.2, -0.15) is 0 Å². The number of hydrogen-bond donors (Lipinski definition) is 0. The third-order valence-corrected chi connectivity index (χ3v) is 8.67. The molecule has 0 aliphatic heterocycles. The van der Waals surface area contributed by atoms with Gasteiger partial charge >= 0.3 is 0 Å². The van der Waals surface area contributed by atoms with Gasteiger partial charge in [-0.15, -0.1) is 0 Å². The quantitative estimate of drug-likeness (QED) is 0.133. The maximum absolute atomic E-state index is 3.83. The highest BCUT2D eigenvalue weighted by Crippen LogP contribution is 2.41. The molecular weight excluding hydrogens is 663 g/mol. The van der Waals surface area contributed by atoms with Crippen LogP contribution in [-0.4, -0.2) is 4.57 Å². The Balaban J connectivity index is 0.000000518. The Hall–Kier alpha value is -5.40. The SMILES string of the molecule is C=C(C)c1ccn(C)c1.C=C/C=C(\C=C)C(C)C.CC.CC.CC.CCc1ccc(-c2ccccc2-c2ccccc2-c2ccccc2)c(C2=CC=CC2)c1. The van der Waals surface area contributed by atoms with Crippen molar-refractivity contribution in [2.45, 2.75) is 82.1 Å². The molecule has 0 unspecified atom stereocenters. The number of hydrogen-bond acceptors (Lipinski definition) is 0. The van der Waals surface area contributed by atoms with Gasteiger partial charge in [0.15, 0.2) is 0 Å². The predicted octanol–water partition coefficient (Wildman–Crippen LogP) is 16.7. The molecule has 0 amide bonds. The van der Waals surface area contributed by atoms with Crippen molar-refractivity contribution in [3.63, 3.8) is 0 Å². The van der Waals surface area contributed by atoms with Crippen molar-refractivity contribution < 1.29 is 0 Å². The summed E-state index contributed by atoms with van der Waals surface area (Å²) in [6, 6.07) is 37.3. The van der Waals surface area contributed by atoms with E-state index in [1.807, 2.05) is 78.4 Å². The second-order valence-corrected chi connectivity index (χ2v) is 12.6. The zero-order chi connectivity index (χ0) is 41.2. The van der Waals surface area contributed by atoms with Crippen LogP contribution in [0.4, 0.5) is 0 Å². The summed E-state index contributed by atoms with van der Waals surface area (Å²) in [6.45, 7) is 31.6. The lowest BCUT2D eigenvalue weighted by atomic mass is 9.85. The first-order valence-corrected chi connectivity index (χ1v) is 20.2. The molecule has 0 spiro atoms. The van der Waals surface area contributed by atoms with Crippen molar-refractivity contribution >= 4 is 11.1 Å². The minimum absolute atomic E-state index is 0.556. The number of benzene rings is 4. The molecule has 5 aromatic rings. The Labute approximate surface area is 336 Å². The van der Waals surface area contributed by atoms with Crippen LogP contribution in [0.25, 0.3) is 44.5 Å². The van der Waals surface area contributed by atoms with Crippen LogP contribution in [0.5, 0.6) is 0 Å². The Morgan fingerprint density at radius 2 is 1.24 bits per heavy atom. The van der Waals surface area contributed by atoms with E-state index in [-0.39, 0.29) is 0 Å². The highest BCUT2D eigenvalue weighted by Gasteiger charge is 2.17. The van der Waals surface area contributed by atoms with Gasteiger partial charge in [0.25, 0.3) is 0 Å². The average molecular weight is 732 g/mol. The van der Waals surface area contributed by atoms with E-state index in [1.165, 1.54) is 61.2 Å². The lowest BCUT2D eigenvalue weighted by molar-refractivity contribution is 0.792. The summed E-state index contributed by atoms with van der Waals surface area (Å²) < 4.78 is 2.02. The third-order valence-electron chi connectivity index (χ3n) is 8.67. The lowest BCUT2D eigenvalue weighted by Crippen LogP contribution is -1.94. The maximum atomic E-state index is 3.83. The molecule has 0 N–H and O–H groups in total. The molecule has 0 saturated carbocycles. The number of aromatic nitrogens is 1. The normalized spacial score (nSPS) is 11.0. The summed E-state index contributed by atoms with van der Waals surface area (Å²) in [7, 11) is 2.01. The molecule has 1 aliphatic rings. The topological polar surface area (TPSA) is 4.93 Å². The monoisotopic (exact) mass is 732 g/mol. The second kappa shape index (κ2) is 27.2. The smallest absolute Gasteiger partial charge is 0.0107 e. The van der Waals surface area contributed by atoms with Crippen molar-refractivity contribution in [2.75, 3.05) is 0 Å². The Morgan fingerprint density at radius 1 is 0.709 bits per heavy atom. The third kappa shape index (κ3) is 14.7. The van der Waals surface area contributed by atoms with Gasteiger partial charge in [0.2, 0.25) is 0 Å². The van der Waals surface area contributed by atoms with E-state index in [4.69, 9.17) is 0 Å². The van der Waals surface area contributed by atoms with Crippen molar-refractivity contribution in [3.05, 3.63) is 194 Å². The molecule has 0 bridgehead atoms. The molecule has 4 aromatic carbocycles. The van der Waals surface area contributed by atoms with Gasteiger partial charge in [-0.3, -0.25) is 0 Å². The van der Waals surface area contributed by atoms with E-state index in [0.29, 0.717) is 5.92 Å². The van der Waals surface area contributed by atoms with Crippen LogP contribution in [0.2, 0.25) is 0 Å². The first-order valence-electron chi connectivity index (χ1n) is 20.2. The fourth-order valence-corrected chi connectivity index (χ4v) is 5.89. The van der Waals surface area contributed by atoms with Crippen molar-refractivity contribution in [2.24, 2.45) is 13.0 Å². The summed E-state index contributed by atoms with van der Waals surface area (Å²) in [5, 5.41) is 0. The molecule has 290 valence electrons. The van der Waals surface area contributed by atoms with Crippen LogP contribution >= 0.6 is 0 Å². The fourth-order valence-electron chi connectivity index (χ4n) is 5.89. The Bertz CT molecular complexity index is 1960. The largest absolute Gasteiger partial charge is 0.357 e. The molecule has 0 fully saturated rings. The maximum Gasteiger partial charge on any atom is 0.0107 e. The number of nitrogens with zero attached hydrogens (tertiary/aromatic N) is 1. The van der Waals surface area contributed by atoms with Crippen LogP contribution in [-0.2, 0) is 13.5 Å². The highest BCUT2D eigenvalue weighted by atomic mass is 14.9. The van der Waals surface area contributed by atoms with E-state index in [0.717, 1.165) is 18.4 Å². The summed E-state index contributed by atoms with van der Waals surface area (Å²) in [6.07, 6.45) is 18.4. The molecule has 1 nitrogen and oxygen atoms in total. The van der Waals surface area contributed by atoms with E-state index >= 15 is 0 Å². The molecule has 1 heterocycles. The molecule has 6 rings (SSSR count). The molecule has 1 aromatic heterocycles. The van der Waals surface area contributed by atoms with Gasteiger partial charge in [0.05, 0.1) is 0 Å².